The highest BCUT2D eigenvalue weighted by Gasteiger charge is 2.38. The molecule has 2 aromatic carbocycles. The third-order valence-corrected chi connectivity index (χ3v) is 5.42. The number of benzene rings is 2. The van der Waals surface area contributed by atoms with Crippen LogP contribution in [0.4, 0.5) is 11.4 Å². The number of hydrogen-bond donors (Lipinski definition) is 1. The number of hydrogen-bond acceptors (Lipinski definition) is 6. The molecule has 0 radical (unpaired) electrons. The van der Waals surface area contributed by atoms with E-state index in [1.54, 1.807) is 35.2 Å². The summed E-state index contributed by atoms with van der Waals surface area (Å²) in [4.78, 5) is 28.1. The van der Waals surface area contributed by atoms with Gasteiger partial charge in [0.1, 0.15) is 12.4 Å². The van der Waals surface area contributed by atoms with Crippen molar-refractivity contribution in [1.82, 2.24) is 0 Å². The molecule has 0 atom stereocenters. The van der Waals surface area contributed by atoms with Crippen molar-refractivity contribution >= 4 is 23.2 Å². The molecular formula is C25H32N2O6. The van der Waals surface area contributed by atoms with Crippen molar-refractivity contribution in [3.05, 3.63) is 35.9 Å². The Morgan fingerprint density at radius 3 is 2.39 bits per heavy atom. The summed E-state index contributed by atoms with van der Waals surface area (Å²) in [5.41, 5.74) is 0.791. The zero-order valence-electron chi connectivity index (χ0n) is 20.3. The normalized spacial score (nSPS) is 14.8. The Bertz CT molecular complexity index is 1050. The molecule has 2 aromatic rings. The molecule has 0 aliphatic carbocycles. The highest BCUT2D eigenvalue weighted by Crippen LogP contribution is 2.41. The van der Waals surface area contributed by atoms with E-state index in [2.05, 4.69) is 19.2 Å². The van der Waals surface area contributed by atoms with Crippen LogP contribution in [0.15, 0.2) is 30.3 Å². The predicted molar refractivity (Wildman–Crippen MR) is 127 cm³/mol. The summed E-state index contributed by atoms with van der Waals surface area (Å²) < 4.78 is 22.1. The second-order valence-corrected chi connectivity index (χ2v) is 9.00. The minimum absolute atomic E-state index is 0.0139. The number of fused-ring (bicyclic) bond motifs is 1. The lowest BCUT2D eigenvalue weighted by Crippen LogP contribution is -2.43. The topological polar surface area (TPSA) is 86.3 Å². The van der Waals surface area contributed by atoms with E-state index in [-0.39, 0.29) is 35.7 Å². The second-order valence-electron chi connectivity index (χ2n) is 9.00. The smallest absolute Gasteiger partial charge is 0.259 e. The maximum Gasteiger partial charge on any atom is 0.259 e. The molecule has 1 heterocycles. The van der Waals surface area contributed by atoms with E-state index >= 15 is 0 Å². The number of amides is 2. The average molecular weight is 457 g/mol. The molecule has 33 heavy (non-hydrogen) atoms. The van der Waals surface area contributed by atoms with Gasteiger partial charge in [0.2, 0.25) is 11.7 Å². The van der Waals surface area contributed by atoms with Gasteiger partial charge in [0.25, 0.3) is 5.91 Å². The third-order valence-electron chi connectivity index (χ3n) is 5.42. The van der Waals surface area contributed by atoms with Crippen molar-refractivity contribution in [2.24, 2.45) is 11.3 Å². The number of rotatable bonds is 7. The average Bonchev–Trinajstić information content (AvgIpc) is 2.87. The van der Waals surface area contributed by atoms with Gasteiger partial charge in [0.05, 0.1) is 38.0 Å². The van der Waals surface area contributed by atoms with Gasteiger partial charge in [-0.1, -0.05) is 13.8 Å². The molecule has 8 nitrogen and oxygen atoms in total. The minimum atomic E-state index is -0.662. The molecule has 0 fully saturated rings. The van der Waals surface area contributed by atoms with E-state index in [0.29, 0.717) is 35.2 Å². The summed E-state index contributed by atoms with van der Waals surface area (Å²) >= 11 is 0. The summed E-state index contributed by atoms with van der Waals surface area (Å²) in [7, 11) is 4.46. The molecule has 0 spiro atoms. The van der Waals surface area contributed by atoms with Crippen molar-refractivity contribution in [2.75, 3.05) is 44.7 Å². The van der Waals surface area contributed by atoms with Gasteiger partial charge in [0.15, 0.2) is 11.5 Å². The van der Waals surface area contributed by atoms with Crippen LogP contribution in [0, 0.1) is 11.3 Å². The molecule has 0 saturated heterocycles. The molecule has 0 aromatic heterocycles. The monoisotopic (exact) mass is 456 g/mol. The number of anilines is 2. The van der Waals surface area contributed by atoms with Crippen LogP contribution in [0.1, 0.15) is 38.1 Å². The van der Waals surface area contributed by atoms with E-state index in [1.807, 2.05) is 13.8 Å². The fraction of sp³-hybridized carbons (Fsp3) is 0.440. The maximum absolute atomic E-state index is 13.3. The molecule has 1 aliphatic rings. The van der Waals surface area contributed by atoms with Crippen molar-refractivity contribution in [3.8, 4) is 23.0 Å². The molecule has 8 heteroatoms. The standard InChI is InChI=1S/C25H32N2O6/c1-15(2)13-27-18-12-16(8-10-19(18)33-14-25(3,4)24(27)29)26-23(28)17-9-11-20(30-5)22(32-7)21(17)31-6/h8-12,15H,13-14H2,1-7H3,(H,26,28). The van der Waals surface area contributed by atoms with Gasteiger partial charge in [-0.15, -0.1) is 0 Å². The lowest BCUT2D eigenvalue weighted by Gasteiger charge is -2.29. The molecular weight excluding hydrogens is 424 g/mol. The zero-order chi connectivity index (χ0) is 24.3. The predicted octanol–water partition coefficient (Wildman–Crippen LogP) is 4.37. The molecule has 3 rings (SSSR count). The van der Waals surface area contributed by atoms with Gasteiger partial charge >= 0.3 is 0 Å². The molecule has 0 saturated carbocycles. The molecule has 178 valence electrons. The lowest BCUT2D eigenvalue weighted by molar-refractivity contribution is -0.127. The van der Waals surface area contributed by atoms with E-state index < -0.39 is 5.41 Å². The molecule has 1 N–H and O–H groups in total. The van der Waals surface area contributed by atoms with Gasteiger partial charge in [-0.25, -0.2) is 0 Å². The molecule has 2 amide bonds. The summed E-state index contributed by atoms with van der Waals surface area (Å²) in [6.07, 6.45) is 0. The summed E-state index contributed by atoms with van der Waals surface area (Å²) in [5, 5.41) is 2.89. The highest BCUT2D eigenvalue weighted by molar-refractivity contribution is 6.08. The van der Waals surface area contributed by atoms with Gasteiger partial charge in [-0.2, -0.15) is 0 Å². The first kappa shape index (κ1) is 24.2. The quantitative estimate of drug-likeness (QED) is 0.666. The van der Waals surface area contributed by atoms with Crippen molar-refractivity contribution < 1.29 is 28.5 Å². The lowest BCUT2D eigenvalue weighted by atomic mass is 9.92. The Balaban J connectivity index is 1.98. The Kier molecular flexibility index (Phi) is 7.05. The third kappa shape index (κ3) is 4.84. The van der Waals surface area contributed by atoms with Crippen LogP contribution < -0.4 is 29.2 Å². The van der Waals surface area contributed by atoms with E-state index in [9.17, 15) is 9.59 Å². The first-order valence-electron chi connectivity index (χ1n) is 10.8. The SMILES string of the molecule is COc1ccc(C(=O)Nc2ccc3c(c2)N(CC(C)C)C(=O)C(C)(C)CO3)c(OC)c1OC. The number of carbonyl (C=O) groups excluding carboxylic acids is 2. The number of nitrogens with one attached hydrogen (secondary N) is 1. The number of methoxy groups -OCH3 is 3. The van der Waals surface area contributed by atoms with Crippen molar-refractivity contribution in [3.63, 3.8) is 0 Å². The van der Waals surface area contributed by atoms with Crippen LogP contribution in [0.2, 0.25) is 0 Å². The van der Waals surface area contributed by atoms with Crippen molar-refractivity contribution in [1.29, 1.82) is 0 Å². The van der Waals surface area contributed by atoms with Gasteiger partial charge < -0.3 is 29.2 Å². The van der Waals surface area contributed by atoms with E-state index in [0.717, 1.165) is 0 Å². The Morgan fingerprint density at radius 2 is 1.79 bits per heavy atom. The zero-order valence-corrected chi connectivity index (χ0v) is 20.3. The van der Waals surface area contributed by atoms with Crippen LogP contribution in [0.25, 0.3) is 0 Å². The van der Waals surface area contributed by atoms with Gasteiger partial charge in [0, 0.05) is 12.2 Å². The number of ether oxygens (including phenoxy) is 4. The Hall–Kier alpha value is -3.42. The fourth-order valence-electron chi connectivity index (χ4n) is 3.75. The first-order chi connectivity index (χ1) is 15.6. The first-order valence-corrected chi connectivity index (χ1v) is 10.8. The fourth-order valence-corrected chi connectivity index (χ4v) is 3.75. The van der Waals surface area contributed by atoms with E-state index in [4.69, 9.17) is 18.9 Å². The molecule has 0 unspecified atom stereocenters. The highest BCUT2D eigenvalue weighted by atomic mass is 16.5. The Labute approximate surface area is 194 Å². The van der Waals surface area contributed by atoms with Crippen LogP contribution in [0.5, 0.6) is 23.0 Å². The largest absolute Gasteiger partial charge is 0.493 e. The summed E-state index contributed by atoms with van der Waals surface area (Å²) in [6, 6.07) is 8.55. The summed E-state index contributed by atoms with van der Waals surface area (Å²) in [6.45, 7) is 8.68. The van der Waals surface area contributed by atoms with Gasteiger partial charge in [-0.05, 0) is 50.1 Å². The number of carbonyl (C=O) groups is 2. The van der Waals surface area contributed by atoms with Crippen molar-refractivity contribution in [2.45, 2.75) is 27.7 Å². The minimum Gasteiger partial charge on any atom is -0.493 e. The summed E-state index contributed by atoms with van der Waals surface area (Å²) in [5.74, 6) is 1.52. The van der Waals surface area contributed by atoms with Crippen LogP contribution >= 0.6 is 0 Å². The molecule has 1 aliphatic heterocycles. The van der Waals surface area contributed by atoms with E-state index in [1.165, 1.54) is 21.3 Å². The van der Waals surface area contributed by atoms with Gasteiger partial charge in [-0.3, -0.25) is 9.59 Å². The van der Waals surface area contributed by atoms with Crippen LogP contribution in [0.3, 0.4) is 0 Å². The van der Waals surface area contributed by atoms with Crippen LogP contribution in [-0.4, -0.2) is 46.3 Å². The Morgan fingerprint density at radius 1 is 1.09 bits per heavy atom. The number of nitrogens with zero attached hydrogens (tertiary/aromatic N) is 1. The second kappa shape index (κ2) is 9.60. The maximum atomic E-state index is 13.3. The molecule has 0 bridgehead atoms. The van der Waals surface area contributed by atoms with Crippen LogP contribution in [-0.2, 0) is 4.79 Å².